The number of ether oxygens (including phenoxy) is 1. The van der Waals surface area contributed by atoms with E-state index in [0.29, 0.717) is 17.2 Å². The van der Waals surface area contributed by atoms with Crippen LogP contribution in [0.25, 0.3) is 0 Å². The second kappa shape index (κ2) is 8.30. The van der Waals surface area contributed by atoms with Crippen molar-refractivity contribution in [3.8, 4) is 11.5 Å². The standard InChI is InChI=1S/C19H15F3N4O2/c20-19(21,22)13-4-6-14(7-5-13)24-18(27)26-25-15-2-1-3-17(12-15)28-16-8-10-23-11-9-16/h1-12,25H,(H2,24,26,27). The molecule has 0 saturated carbocycles. The van der Waals surface area contributed by atoms with Crippen LogP contribution in [0.5, 0.6) is 11.5 Å². The molecular formula is C19H15F3N4O2. The maximum atomic E-state index is 12.5. The summed E-state index contributed by atoms with van der Waals surface area (Å²) in [7, 11) is 0. The Kier molecular flexibility index (Phi) is 5.64. The number of rotatable bonds is 5. The lowest BCUT2D eigenvalue weighted by molar-refractivity contribution is -0.137. The highest BCUT2D eigenvalue weighted by Crippen LogP contribution is 2.29. The summed E-state index contributed by atoms with van der Waals surface area (Å²) >= 11 is 0. The van der Waals surface area contributed by atoms with Crippen LogP contribution in [-0.2, 0) is 6.18 Å². The van der Waals surface area contributed by atoms with Crippen LogP contribution in [-0.4, -0.2) is 11.0 Å². The molecule has 28 heavy (non-hydrogen) atoms. The maximum absolute atomic E-state index is 12.5. The topological polar surface area (TPSA) is 75.3 Å². The van der Waals surface area contributed by atoms with Crippen molar-refractivity contribution in [2.75, 3.05) is 10.7 Å². The number of nitrogens with zero attached hydrogens (tertiary/aromatic N) is 1. The number of benzene rings is 2. The van der Waals surface area contributed by atoms with Gasteiger partial charge in [0.25, 0.3) is 0 Å². The van der Waals surface area contributed by atoms with Gasteiger partial charge in [-0.1, -0.05) is 6.07 Å². The van der Waals surface area contributed by atoms with Gasteiger partial charge < -0.3 is 10.1 Å². The van der Waals surface area contributed by atoms with E-state index >= 15 is 0 Å². The fourth-order valence-corrected chi connectivity index (χ4v) is 2.21. The van der Waals surface area contributed by atoms with Gasteiger partial charge in [0.2, 0.25) is 0 Å². The number of hydrogen-bond donors (Lipinski definition) is 3. The Labute approximate surface area is 158 Å². The van der Waals surface area contributed by atoms with Crippen LogP contribution in [0, 0.1) is 0 Å². The summed E-state index contributed by atoms with van der Waals surface area (Å²) in [5, 5.41) is 2.43. The smallest absolute Gasteiger partial charge is 0.416 e. The third-order valence-corrected chi connectivity index (χ3v) is 3.51. The van der Waals surface area contributed by atoms with E-state index < -0.39 is 17.8 Å². The zero-order chi connectivity index (χ0) is 20.0. The second-order valence-electron chi connectivity index (χ2n) is 5.59. The second-order valence-corrected chi connectivity index (χ2v) is 5.59. The van der Waals surface area contributed by atoms with Crippen LogP contribution in [0.4, 0.5) is 29.3 Å². The predicted octanol–water partition coefficient (Wildman–Crippen LogP) is 5.04. The Balaban J connectivity index is 1.54. The quantitative estimate of drug-likeness (QED) is 0.535. The van der Waals surface area contributed by atoms with Crippen molar-refractivity contribution in [2.45, 2.75) is 6.18 Å². The number of urea groups is 1. The molecule has 1 heterocycles. The van der Waals surface area contributed by atoms with Gasteiger partial charge in [0.1, 0.15) is 11.5 Å². The van der Waals surface area contributed by atoms with Gasteiger partial charge >= 0.3 is 12.2 Å². The normalized spacial score (nSPS) is 10.8. The largest absolute Gasteiger partial charge is 0.457 e. The van der Waals surface area contributed by atoms with Crippen molar-refractivity contribution in [1.82, 2.24) is 10.4 Å². The van der Waals surface area contributed by atoms with Gasteiger partial charge in [-0.25, -0.2) is 4.79 Å². The molecule has 0 radical (unpaired) electrons. The molecule has 0 atom stereocenters. The van der Waals surface area contributed by atoms with Gasteiger partial charge in [-0.05, 0) is 48.5 Å². The van der Waals surface area contributed by atoms with Crippen molar-refractivity contribution in [3.05, 3.63) is 78.6 Å². The zero-order valence-electron chi connectivity index (χ0n) is 14.3. The summed E-state index contributed by atoms with van der Waals surface area (Å²) in [5.41, 5.74) is 5.07. The molecule has 0 aliphatic carbocycles. The molecule has 144 valence electrons. The number of aromatic nitrogens is 1. The molecule has 2 amide bonds. The molecular weight excluding hydrogens is 373 g/mol. The van der Waals surface area contributed by atoms with Crippen molar-refractivity contribution in [3.63, 3.8) is 0 Å². The first kappa shape index (κ1) is 19.0. The van der Waals surface area contributed by atoms with Crippen molar-refractivity contribution in [2.24, 2.45) is 0 Å². The monoisotopic (exact) mass is 388 g/mol. The molecule has 0 aliphatic rings. The van der Waals surface area contributed by atoms with E-state index in [1.807, 2.05) is 0 Å². The Morgan fingerprint density at radius 2 is 1.61 bits per heavy atom. The number of pyridine rings is 1. The Hall–Kier alpha value is -3.75. The van der Waals surface area contributed by atoms with Crippen molar-refractivity contribution in [1.29, 1.82) is 0 Å². The number of nitrogens with one attached hydrogen (secondary N) is 3. The fourth-order valence-electron chi connectivity index (χ4n) is 2.21. The third kappa shape index (κ3) is 5.37. The van der Waals surface area contributed by atoms with E-state index in [9.17, 15) is 18.0 Å². The van der Waals surface area contributed by atoms with Crippen LogP contribution in [0.2, 0.25) is 0 Å². The summed E-state index contributed by atoms with van der Waals surface area (Å²) in [6.45, 7) is 0. The predicted molar refractivity (Wildman–Crippen MR) is 98.0 cm³/mol. The maximum Gasteiger partial charge on any atom is 0.416 e. The van der Waals surface area contributed by atoms with Gasteiger partial charge in [-0.2, -0.15) is 13.2 Å². The van der Waals surface area contributed by atoms with Gasteiger partial charge in [0, 0.05) is 24.1 Å². The van der Waals surface area contributed by atoms with E-state index in [1.54, 1.807) is 48.8 Å². The molecule has 0 spiro atoms. The van der Waals surface area contributed by atoms with Crippen LogP contribution in [0.3, 0.4) is 0 Å². The number of halogens is 3. The highest BCUT2D eigenvalue weighted by molar-refractivity contribution is 5.90. The first-order chi connectivity index (χ1) is 13.4. The van der Waals surface area contributed by atoms with E-state index in [-0.39, 0.29) is 5.69 Å². The molecule has 6 nitrogen and oxygen atoms in total. The van der Waals surface area contributed by atoms with Gasteiger partial charge in [0.15, 0.2) is 0 Å². The van der Waals surface area contributed by atoms with E-state index in [2.05, 4.69) is 21.2 Å². The Bertz CT molecular complexity index is 932. The molecule has 0 unspecified atom stereocenters. The van der Waals surface area contributed by atoms with E-state index in [0.717, 1.165) is 12.1 Å². The number of hydrazine groups is 1. The van der Waals surface area contributed by atoms with Crippen LogP contribution in [0.1, 0.15) is 5.56 Å². The van der Waals surface area contributed by atoms with Crippen molar-refractivity contribution >= 4 is 17.4 Å². The number of hydrogen-bond acceptors (Lipinski definition) is 4. The van der Waals surface area contributed by atoms with Crippen LogP contribution >= 0.6 is 0 Å². The molecule has 3 rings (SSSR count). The summed E-state index contributed by atoms with van der Waals surface area (Å²) in [6.07, 6.45) is -1.22. The minimum absolute atomic E-state index is 0.224. The highest BCUT2D eigenvalue weighted by Gasteiger charge is 2.29. The fraction of sp³-hybridized carbons (Fsp3) is 0.0526. The zero-order valence-corrected chi connectivity index (χ0v) is 14.3. The highest BCUT2D eigenvalue weighted by atomic mass is 19.4. The van der Waals surface area contributed by atoms with E-state index in [4.69, 9.17) is 4.74 Å². The Morgan fingerprint density at radius 1 is 0.893 bits per heavy atom. The summed E-state index contributed by atoms with van der Waals surface area (Å²) < 4.78 is 43.3. The molecule has 0 fully saturated rings. The SMILES string of the molecule is O=C(NNc1cccc(Oc2ccncc2)c1)Nc1ccc(C(F)(F)F)cc1. The number of alkyl halides is 3. The minimum atomic E-state index is -4.42. The lowest BCUT2D eigenvalue weighted by Gasteiger charge is -2.12. The molecule has 2 aromatic carbocycles. The third-order valence-electron chi connectivity index (χ3n) is 3.51. The molecule has 0 saturated heterocycles. The van der Waals surface area contributed by atoms with E-state index in [1.165, 1.54) is 12.1 Å². The molecule has 9 heteroatoms. The average molecular weight is 388 g/mol. The van der Waals surface area contributed by atoms with Gasteiger partial charge in [-0.15, -0.1) is 0 Å². The summed E-state index contributed by atoms with van der Waals surface area (Å²) in [6, 6.07) is 13.7. The first-order valence-corrected chi connectivity index (χ1v) is 8.08. The van der Waals surface area contributed by atoms with Gasteiger partial charge in [0.05, 0.1) is 11.3 Å². The molecule has 3 aromatic rings. The van der Waals surface area contributed by atoms with Crippen molar-refractivity contribution < 1.29 is 22.7 Å². The summed E-state index contributed by atoms with van der Waals surface area (Å²) in [5.74, 6) is 1.15. The molecule has 0 bridgehead atoms. The molecule has 3 N–H and O–H groups in total. The summed E-state index contributed by atoms with van der Waals surface area (Å²) in [4.78, 5) is 15.8. The number of anilines is 2. The molecule has 1 aromatic heterocycles. The number of carbonyl (C=O) groups excluding carboxylic acids is 1. The average Bonchev–Trinajstić information content (AvgIpc) is 2.67. The Morgan fingerprint density at radius 3 is 2.29 bits per heavy atom. The van der Waals surface area contributed by atoms with Crippen LogP contribution < -0.4 is 20.9 Å². The van der Waals surface area contributed by atoms with Gasteiger partial charge in [-0.3, -0.25) is 15.8 Å². The minimum Gasteiger partial charge on any atom is -0.457 e. The first-order valence-electron chi connectivity index (χ1n) is 8.08. The lowest BCUT2D eigenvalue weighted by Crippen LogP contribution is -2.33. The number of carbonyl (C=O) groups is 1. The number of amides is 2. The molecule has 0 aliphatic heterocycles. The van der Waals surface area contributed by atoms with Crippen LogP contribution in [0.15, 0.2) is 73.1 Å². The lowest BCUT2D eigenvalue weighted by atomic mass is 10.2.